The lowest BCUT2D eigenvalue weighted by Crippen LogP contribution is -2.43. The molecule has 1 aromatic rings. The lowest BCUT2D eigenvalue weighted by atomic mass is 10.0. The van der Waals surface area contributed by atoms with Gasteiger partial charge in [-0.05, 0) is 27.2 Å². The fourth-order valence-corrected chi connectivity index (χ4v) is 2.13. The molecular weight excluding hydrogens is 260 g/mol. The van der Waals surface area contributed by atoms with Crippen LogP contribution in [0.3, 0.4) is 0 Å². The van der Waals surface area contributed by atoms with Crippen LogP contribution in [0.15, 0.2) is 10.6 Å². The molecule has 1 heterocycles. The van der Waals surface area contributed by atoms with Gasteiger partial charge in [0.25, 0.3) is 5.91 Å². The Kier molecular flexibility index (Phi) is 3.90. The largest absolute Gasteiger partial charge is 0.351 e. The van der Waals surface area contributed by atoms with Crippen molar-refractivity contribution in [1.82, 2.24) is 10.5 Å². The summed E-state index contributed by atoms with van der Waals surface area (Å²) in [4.78, 5) is 11.7. The Morgan fingerprint density at radius 3 is 2.80 bits per heavy atom. The van der Waals surface area contributed by atoms with Gasteiger partial charge in [-0.2, -0.15) is 0 Å². The van der Waals surface area contributed by atoms with Gasteiger partial charge in [-0.1, -0.05) is 21.1 Å². The molecule has 0 aliphatic carbocycles. The van der Waals surface area contributed by atoms with Crippen molar-refractivity contribution in [1.29, 1.82) is 0 Å². The predicted molar refractivity (Wildman–Crippen MR) is 61.2 cm³/mol. The van der Waals surface area contributed by atoms with E-state index in [0.29, 0.717) is 5.69 Å². The summed E-state index contributed by atoms with van der Waals surface area (Å²) in [5.74, 6) is 0.0386. The average molecular weight is 275 g/mol. The van der Waals surface area contributed by atoms with E-state index < -0.39 is 0 Å². The minimum Gasteiger partial charge on any atom is -0.351 e. The molecule has 0 aliphatic rings. The summed E-state index contributed by atoms with van der Waals surface area (Å²) >= 11 is 3.35. The highest BCUT2D eigenvalue weighted by Gasteiger charge is 2.22. The quantitative estimate of drug-likeness (QED) is 0.858. The van der Waals surface area contributed by atoms with Crippen LogP contribution in [-0.4, -0.2) is 21.9 Å². The Bertz CT molecular complexity index is 347. The number of aryl methyl sites for hydroxylation is 1. The van der Waals surface area contributed by atoms with Gasteiger partial charge >= 0.3 is 0 Å². The van der Waals surface area contributed by atoms with Crippen molar-refractivity contribution in [2.75, 3.05) is 5.33 Å². The summed E-state index contributed by atoms with van der Waals surface area (Å²) in [5, 5.41) is 7.40. The lowest BCUT2D eigenvalue weighted by Gasteiger charge is -2.24. The Labute approximate surface area is 97.5 Å². The molecular formula is C10H15BrN2O2. The summed E-state index contributed by atoms with van der Waals surface area (Å²) in [6, 6.07) is 1.62. The van der Waals surface area contributed by atoms with Gasteiger partial charge < -0.3 is 9.84 Å². The van der Waals surface area contributed by atoms with E-state index in [4.69, 9.17) is 4.52 Å². The topological polar surface area (TPSA) is 55.1 Å². The van der Waals surface area contributed by atoms with Crippen LogP contribution in [-0.2, 0) is 0 Å². The number of hydrogen-bond acceptors (Lipinski definition) is 3. The average Bonchev–Trinajstić information content (AvgIpc) is 2.50. The van der Waals surface area contributed by atoms with Crippen LogP contribution in [0.1, 0.15) is 36.5 Å². The second-order valence-corrected chi connectivity index (χ2v) is 4.90. The molecule has 0 radical (unpaired) electrons. The molecule has 0 unspecified atom stereocenters. The van der Waals surface area contributed by atoms with E-state index in [9.17, 15) is 4.79 Å². The van der Waals surface area contributed by atoms with Gasteiger partial charge in [0, 0.05) is 16.9 Å². The lowest BCUT2D eigenvalue weighted by molar-refractivity contribution is 0.0874. The maximum Gasteiger partial charge on any atom is 0.290 e. The molecule has 1 N–H and O–H groups in total. The molecule has 0 saturated heterocycles. The maximum absolute atomic E-state index is 11.7. The summed E-state index contributed by atoms with van der Waals surface area (Å²) in [6.07, 6.45) is 0.853. The van der Waals surface area contributed by atoms with E-state index in [1.807, 2.05) is 13.8 Å². The number of amides is 1. The molecule has 15 heavy (non-hydrogen) atoms. The van der Waals surface area contributed by atoms with Crippen LogP contribution in [0.4, 0.5) is 0 Å². The smallest absolute Gasteiger partial charge is 0.290 e. The molecule has 0 aliphatic heterocycles. The Hall–Kier alpha value is -0.840. The van der Waals surface area contributed by atoms with Crippen LogP contribution in [0, 0.1) is 6.92 Å². The Morgan fingerprint density at radius 2 is 2.33 bits per heavy atom. The number of rotatable bonds is 4. The Balaban J connectivity index is 2.63. The molecule has 4 nitrogen and oxygen atoms in total. The first kappa shape index (κ1) is 12.2. The highest BCUT2D eigenvalue weighted by molar-refractivity contribution is 9.09. The van der Waals surface area contributed by atoms with Crippen molar-refractivity contribution in [3.8, 4) is 0 Å². The molecule has 0 saturated carbocycles. The first-order valence-electron chi connectivity index (χ1n) is 4.76. The fourth-order valence-electron chi connectivity index (χ4n) is 1.14. The summed E-state index contributed by atoms with van der Waals surface area (Å²) in [7, 11) is 0. The molecule has 84 valence electrons. The Morgan fingerprint density at radius 1 is 1.67 bits per heavy atom. The zero-order chi connectivity index (χ0) is 11.5. The van der Waals surface area contributed by atoms with Crippen molar-refractivity contribution < 1.29 is 9.32 Å². The normalized spacial score (nSPS) is 11.5. The van der Waals surface area contributed by atoms with Crippen LogP contribution in [0.2, 0.25) is 0 Å². The number of halogens is 1. The van der Waals surface area contributed by atoms with Crippen molar-refractivity contribution in [2.45, 2.75) is 32.7 Å². The van der Waals surface area contributed by atoms with E-state index in [2.05, 4.69) is 26.4 Å². The zero-order valence-corrected chi connectivity index (χ0v) is 10.7. The van der Waals surface area contributed by atoms with Crippen LogP contribution in [0.25, 0.3) is 0 Å². The minimum absolute atomic E-state index is 0.221. The van der Waals surface area contributed by atoms with Crippen molar-refractivity contribution in [3.05, 3.63) is 17.5 Å². The number of alkyl halides is 1. The first-order valence-corrected chi connectivity index (χ1v) is 5.88. The third-order valence-corrected chi connectivity index (χ3v) is 2.42. The third-order valence-electron chi connectivity index (χ3n) is 2.02. The summed E-state index contributed by atoms with van der Waals surface area (Å²) in [5.41, 5.74) is 0.458. The van der Waals surface area contributed by atoms with Crippen molar-refractivity contribution in [2.24, 2.45) is 0 Å². The summed E-state index contributed by atoms with van der Waals surface area (Å²) in [6.45, 7) is 5.72. The molecule has 0 aromatic carbocycles. The van der Waals surface area contributed by atoms with Gasteiger partial charge in [-0.15, -0.1) is 0 Å². The number of carbonyl (C=O) groups is 1. The van der Waals surface area contributed by atoms with E-state index in [1.54, 1.807) is 13.0 Å². The highest BCUT2D eigenvalue weighted by atomic mass is 79.9. The second kappa shape index (κ2) is 4.79. The molecule has 1 amide bonds. The van der Waals surface area contributed by atoms with Gasteiger partial charge in [-0.3, -0.25) is 4.79 Å². The molecule has 0 spiro atoms. The molecule has 1 rings (SSSR count). The van der Waals surface area contributed by atoms with E-state index in [-0.39, 0.29) is 17.2 Å². The standard InChI is InChI=1S/C10H15BrN2O2/c1-7-6-8(15-13-7)9(14)12-10(2,3)4-5-11/h6H,4-5H2,1-3H3,(H,12,14). The van der Waals surface area contributed by atoms with Gasteiger partial charge in [0.1, 0.15) is 0 Å². The van der Waals surface area contributed by atoms with Crippen molar-refractivity contribution >= 4 is 21.8 Å². The van der Waals surface area contributed by atoms with Crippen LogP contribution >= 0.6 is 15.9 Å². The molecule has 1 aromatic heterocycles. The van der Waals surface area contributed by atoms with Gasteiger partial charge in [-0.25, -0.2) is 0 Å². The van der Waals surface area contributed by atoms with E-state index in [1.165, 1.54) is 0 Å². The van der Waals surface area contributed by atoms with Gasteiger partial charge in [0.05, 0.1) is 5.69 Å². The first-order chi connectivity index (χ1) is 6.94. The highest BCUT2D eigenvalue weighted by Crippen LogP contribution is 2.12. The predicted octanol–water partition coefficient (Wildman–Crippen LogP) is 2.28. The number of hydrogen-bond donors (Lipinski definition) is 1. The van der Waals surface area contributed by atoms with Gasteiger partial charge in [0.15, 0.2) is 0 Å². The maximum atomic E-state index is 11.7. The molecule has 0 atom stereocenters. The number of carbonyl (C=O) groups excluding carboxylic acids is 1. The molecule has 0 bridgehead atoms. The second-order valence-electron chi connectivity index (χ2n) is 4.11. The molecule has 5 heteroatoms. The monoisotopic (exact) mass is 274 g/mol. The minimum atomic E-state index is -0.249. The number of aromatic nitrogens is 1. The SMILES string of the molecule is Cc1cc(C(=O)NC(C)(C)CCBr)on1. The third kappa shape index (κ3) is 3.66. The summed E-state index contributed by atoms with van der Waals surface area (Å²) < 4.78 is 4.88. The van der Waals surface area contributed by atoms with E-state index in [0.717, 1.165) is 11.8 Å². The fraction of sp³-hybridized carbons (Fsp3) is 0.600. The number of nitrogens with one attached hydrogen (secondary N) is 1. The number of nitrogens with zero attached hydrogens (tertiary/aromatic N) is 1. The van der Waals surface area contributed by atoms with Crippen LogP contribution in [0.5, 0.6) is 0 Å². The molecule has 0 fully saturated rings. The van der Waals surface area contributed by atoms with Crippen molar-refractivity contribution in [3.63, 3.8) is 0 Å². The zero-order valence-electron chi connectivity index (χ0n) is 9.13. The van der Waals surface area contributed by atoms with E-state index >= 15 is 0 Å². The van der Waals surface area contributed by atoms with Gasteiger partial charge in [0.2, 0.25) is 5.76 Å². The van der Waals surface area contributed by atoms with Crippen LogP contribution < -0.4 is 5.32 Å².